The van der Waals surface area contributed by atoms with Gasteiger partial charge in [-0.15, -0.1) is 0 Å². The molecular formula is C16H25NO3. The van der Waals surface area contributed by atoms with Gasteiger partial charge < -0.3 is 14.4 Å². The van der Waals surface area contributed by atoms with Crippen LogP contribution in [0.4, 0.5) is 0 Å². The Morgan fingerprint density at radius 1 is 1.25 bits per heavy atom. The number of hydrogen-bond acceptors (Lipinski definition) is 3. The van der Waals surface area contributed by atoms with Gasteiger partial charge in [-0.25, -0.2) is 0 Å². The monoisotopic (exact) mass is 279 g/mol. The fraction of sp³-hybridized carbons (Fsp3) is 0.562. The van der Waals surface area contributed by atoms with Crippen molar-refractivity contribution in [3.05, 3.63) is 29.3 Å². The van der Waals surface area contributed by atoms with E-state index in [4.69, 9.17) is 9.47 Å². The highest BCUT2D eigenvalue weighted by Gasteiger charge is 2.15. The zero-order valence-electron chi connectivity index (χ0n) is 13.1. The summed E-state index contributed by atoms with van der Waals surface area (Å²) >= 11 is 0. The Balaban J connectivity index is 2.99. The molecule has 20 heavy (non-hydrogen) atoms. The topological polar surface area (TPSA) is 38.8 Å². The molecule has 0 spiro atoms. The zero-order valence-corrected chi connectivity index (χ0v) is 13.1. The Bertz CT molecular complexity index is 439. The average Bonchev–Trinajstić information content (AvgIpc) is 2.45. The summed E-state index contributed by atoms with van der Waals surface area (Å²) in [5, 5.41) is 0. The van der Waals surface area contributed by atoms with Crippen LogP contribution in [0.25, 0.3) is 0 Å². The van der Waals surface area contributed by atoms with Gasteiger partial charge in [0.15, 0.2) is 0 Å². The van der Waals surface area contributed by atoms with Crippen molar-refractivity contribution in [1.82, 2.24) is 4.90 Å². The smallest absolute Gasteiger partial charge is 0.253 e. The van der Waals surface area contributed by atoms with Gasteiger partial charge in [-0.1, -0.05) is 0 Å². The van der Waals surface area contributed by atoms with E-state index in [2.05, 4.69) is 0 Å². The quantitative estimate of drug-likeness (QED) is 0.770. The summed E-state index contributed by atoms with van der Waals surface area (Å²) in [6.45, 7) is 9.79. The van der Waals surface area contributed by atoms with Gasteiger partial charge in [0.1, 0.15) is 5.75 Å². The van der Waals surface area contributed by atoms with Crippen LogP contribution in [0.3, 0.4) is 0 Å². The molecule has 1 amide bonds. The van der Waals surface area contributed by atoms with Crippen molar-refractivity contribution in [3.63, 3.8) is 0 Å². The van der Waals surface area contributed by atoms with E-state index >= 15 is 0 Å². The lowest BCUT2D eigenvalue weighted by atomic mass is 10.1. The largest absolute Gasteiger partial charge is 0.496 e. The molecule has 0 heterocycles. The molecule has 1 rings (SSSR count). The zero-order chi connectivity index (χ0) is 15.1. The standard InChI is InChI=1S/C16H25NO3/c1-6-17(7-2)16(18)13-8-9-15(19-5)14(10-13)11-20-12(3)4/h8-10,12H,6-7,11H2,1-5H3. The number of amides is 1. The van der Waals surface area contributed by atoms with Crippen molar-refractivity contribution in [3.8, 4) is 5.75 Å². The molecule has 0 unspecified atom stereocenters. The number of nitrogens with zero attached hydrogens (tertiary/aromatic N) is 1. The molecule has 0 bridgehead atoms. The number of hydrogen-bond donors (Lipinski definition) is 0. The van der Waals surface area contributed by atoms with Gasteiger partial charge in [0, 0.05) is 24.2 Å². The molecule has 0 aliphatic rings. The Morgan fingerprint density at radius 3 is 2.40 bits per heavy atom. The van der Waals surface area contributed by atoms with Gasteiger partial charge in [0.25, 0.3) is 5.91 Å². The van der Waals surface area contributed by atoms with Crippen LogP contribution < -0.4 is 4.74 Å². The number of rotatable bonds is 7. The van der Waals surface area contributed by atoms with E-state index in [0.29, 0.717) is 25.3 Å². The molecule has 4 heteroatoms. The fourth-order valence-corrected chi connectivity index (χ4v) is 1.97. The molecule has 0 atom stereocenters. The van der Waals surface area contributed by atoms with Gasteiger partial charge in [-0.3, -0.25) is 4.79 Å². The minimum atomic E-state index is 0.0449. The maximum Gasteiger partial charge on any atom is 0.253 e. The molecule has 0 aliphatic heterocycles. The van der Waals surface area contributed by atoms with Crippen molar-refractivity contribution in [2.45, 2.75) is 40.4 Å². The Morgan fingerprint density at radius 2 is 1.90 bits per heavy atom. The lowest BCUT2D eigenvalue weighted by molar-refractivity contribution is 0.0643. The van der Waals surface area contributed by atoms with Crippen molar-refractivity contribution in [2.24, 2.45) is 0 Å². The summed E-state index contributed by atoms with van der Waals surface area (Å²) in [4.78, 5) is 14.1. The second kappa shape index (κ2) is 7.90. The van der Waals surface area contributed by atoms with Crippen LogP contribution in [0.15, 0.2) is 18.2 Å². The van der Waals surface area contributed by atoms with Crippen LogP contribution in [-0.4, -0.2) is 37.1 Å². The molecule has 0 N–H and O–H groups in total. The van der Waals surface area contributed by atoms with Crippen LogP contribution in [0.5, 0.6) is 5.75 Å². The first-order valence-electron chi connectivity index (χ1n) is 7.11. The third-order valence-electron chi connectivity index (χ3n) is 3.15. The minimum Gasteiger partial charge on any atom is -0.496 e. The van der Waals surface area contributed by atoms with Crippen molar-refractivity contribution < 1.29 is 14.3 Å². The van der Waals surface area contributed by atoms with Crippen LogP contribution >= 0.6 is 0 Å². The van der Waals surface area contributed by atoms with Crippen molar-refractivity contribution in [1.29, 1.82) is 0 Å². The number of carbonyl (C=O) groups is 1. The second-order valence-electron chi connectivity index (χ2n) is 4.86. The van der Waals surface area contributed by atoms with Gasteiger partial charge >= 0.3 is 0 Å². The van der Waals surface area contributed by atoms with Crippen LogP contribution in [0.2, 0.25) is 0 Å². The Labute approximate surface area is 121 Å². The third kappa shape index (κ3) is 4.23. The highest BCUT2D eigenvalue weighted by Crippen LogP contribution is 2.22. The SMILES string of the molecule is CCN(CC)C(=O)c1ccc(OC)c(COC(C)C)c1. The number of benzene rings is 1. The minimum absolute atomic E-state index is 0.0449. The lowest BCUT2D eigenvalue weighted by Crippen LogP contribution is -2.30. The maximum atomic E-state index is 12.3. The first-order chi connectivity index (χ1) is 9.53. The molecule has 112 valence electrons. The molecule has 0 aromatic heterocycles. The van der Waals surface area contributed by atoms with E-state index in [1.165, 1.54) is 0 Å². The predicted octanol–water partition coefficient (Wildman–Crippen LogP) is 3.10. The molecule has 4 nitrogen and oxygen atoms in total. The van der Waals surface area contributed by atoms with E-state index in [1.54, 1.807) is 18.1 Å². The van der Waals surface area contributed by atoms with Gasteiger partial charge in [0.2, 0.25) is 0 Å². The third-order valence-corrected chi connectivity index (χ3v) is 3.15. The molecule has 0 radical (unpaired) electrons. The van der Waals surface area contributed by atoms with E-state index in [0.717, 1.165) is 11.3 Å². The molecule has 1 aromatic carbocycles. The maximum absolute atomic E-state index is 12.3. The van der Waals surface area contributed by atoms with E-state index in [-0.39, 0.29) is 12.0 Å². The summed E-state index contributed by atoms with van der Waals surface area (Å²) in [6.07, 6.45) is 0.141. The van der Waals surface area contributed by atoms with E-state index in [1.807, 2.05) is 39.8 Å². The fourth-order valence-electron chi connectivity index (χ4n) is 1.97. The Kier molecular flexibility index (Phi) is 6.52. The number of carbonyl (C=O) groups excluding carboxylic acids is 1. The molecule has 0 saturated heterocycles. The van der Waals surface area contributed by atoms with Gasteiger partial charge in [-0.05, 0) is 45.9 Å². The molecule has 0 aliphatic carbocycles. The Hall–Kier alpha value is -1.55. The first-order valence-corrected chi connectivity index (χ1v) is 7.11. The van der Waals surface area contributed by atoms with Crippen molar-refractivity contribution >= 4 is 5.91 Å². The molecular weight excluding hydrogens is 254 g/mol. The number of ether oxygens (including phenoxy) is 2. The predicted molar refractivity (Wildman–Crippen MR) is 80.2 cm³/mol. The van der Waals surface area contributed by atoms with E-state index in [9.17, 15) is 4.79 Å². The van der Waals surface area contributed by atoms with Gasteiger partial charge in [-0.2, -0.15) is 0 Å². The normalized spacial score (nSPS) is 10.7. The number of methoxy groups -OCH3 is 1. The molecule has 0 fully saturated rings. The highest BCUT2D eigenvalue weighted by atomic mass is 16.5. The molecule has 1 aromatic rings. The summed E-state index contributed by atoms with van der Waals surface area (Å²) in [5.41, 5.74) is 1.58. The summed E-state index contributed by atoms with van der Waals surface area (Å²) in [5.74, 6) is 0.796. The van der Waals surface area contributed by atoms with E-state index < -0.39 is 0 Å². The average molecular weight is 279 g/mol. The summed E-state index contributed by atoms with van der Waals surface area (Å²) < 4.78 is 10.9. The summed E-state index contributed by atoms with van der Waals surface area (Å²) in [7, 11) is 1.63. The van der Waals surface area contributed by atoms with Crippen molar-refractivity contribution in [2.75, 3.05) is 20.2 Å². The lowest BCUT2D eigenvalue weighted by Gasteiger charge is -2.19. The van der Waals surface area contributed by atoms with Gasteiger partial charge in [0.05, 0.1) is 19.8 Å². The first kappa shape index (κ1) is 16.5. The van der Waals surface area contributed by atoms with Crippen LogP contribution in [0.1, 0.15) is 43.6 Å². The molecule has 0 saturated carbocycles. The summed E-state index contributed by atoms with van der Waals surface area (Å²) in [6, 6.07) is 5.50. The second-order valence-corrected chi connectivity index (χ2v) is 4.86. The van der Waals surface area contributed by atoms with Crippen LogP contribution in [-0.2, 0) is 11.3 Å². The highest BCUT2D eigenvalue weighted by molar-refractivity contribution is 5.94. The van der Waals surface area contributed by atoms with Crippen LogP contribution in [0, 0.1) is 0 Å².